The molecule has 0 heterocycles. The zero-order valence-electron chi connectivity index (χ0n) is 14.1. The highest BCUT2D eigenvalue weighted by Gasteiger charge is 2.22. The van der Waals surface area contributed by atoms with Gasteiger partial charge < -0.3 is 10.6 Å². The number of rotatable bonds is 6. The second-order valence-electron chi connectivity index (χ2n) is 5.55. The van der Waals surface area contributed by atoms with Crippen molar-refractivity contribution in [1.82, 2.24) is 4.72 Å². The van der Waals surface area contributed by atoms with Crippen LogP contribution in [0.5, 0.6) is 0 Å². The number of anilines is 2. The Balaban J connectivity index is 2.05. The Morgan fingerprint density at radius 3 is 2.23 bits per heavy atom. The molecule has 1 atom stereocenters. The van der Waals surface area contributed by atoms with E-state index in [2.05, 4.69) is 37.9 Å². The summed E-state index contributed by atoms with van der Waals surface area (Å²) < 4.78 is 28.1. The molecule has 138 valence electrons. The van der Waals surface area contributed by atoms with Gasteiger partial charge in [-0.2, -0.15) is 4.72 Å². The van der Waals surface area contributed by atoms with Crippen LogP contribution >= 0.6 is 22.6 Å². The van der Waals surface area contributed by atoms with E-state index in [1.807, 2.05) is 6.07 Å². The molecule has 26 heavy (non-hydrogen) atoms. The number of halogens is 1. The third-order valence-corrected chi connectivity index (χ3v) is 5.53. The van der Waals surface area contributed by atoms with E-state index >= 15 is 0 Å². The second-order valence-corrected chi connectivity index (χ2v) is 8.51. The van der Waals surface area contributed by atoms with E-state index < -0.39 is 22.0 Å². The molecule has 0 aromatic heterocycles. The van der Waals surface area contributed by atoms with Gasteiger partial charge in [0, 0.05) is 21.9 Å². The van der Waals surface area contributed by atoms with Crippen molar-refractivity contribution in [3.63, 3.8) is 0 Å². The van der Waals surface area contributed by atoms with Crippen LogP contribution in [0, 0.1) is 3.57 Å². The van der Waals surface area contributed by atoms with Crippen LogP contribution in [-0.4, -0.2) is 26.3 Å². The van der Waals surface area contributed by atoms with Crippen molar-refractivity contribution in [2.75, 3.05) is 10.6 Å². The number of amides is 2. The summed E-state index contributed by atoms with van der Waals surface area (Å²) in [5.74, 6) is -0.718. The molecule has 2 rings (SSSR count). The normalized spacial score (nSPS) is 12.3. The van der Waals surface area contributed by atoms with E-state index in [0.29, 0.717) is 11.4 Å². The van der Waals surface area contributed by atoms with Crippen molar-refractivity contribution in [2.45, 2.75) is 24.8 Å². The fraction of sp³-hybridized carbons (Fsp3) is 0.176. The van der Waals surface area contributed by atoms with Gasteiger partial charge >= 0.3 is 0 Å². The standard InChI is InChI=1S/C17H18IN3O4S/c1-11(17(23)20-15-5-3-4-13(18)10-15)21-26(24,25)16-8-6-14(7-9-16)19-12(2)22/h3-11,21H,1-2H3,(H,19,22)(H,20,23)/t11-/m0/s1. The van der Waals surface area contributed by atoms with Gasteiger partial charge in [-0.25, -0.2) is 8.42 Å². The molecule has 2 aromatic rings. The number of carbonyl (C=O) groups excluding carboxylic acids is 2. The summed E-state index contributed by atoms with van der Waals surface area (Å²) in [6.45, 7) is 2.83. The third kappa shape index (κ3) is 5.78. The first-order valence-corrected chi connectivity index (χ1v) is 10.2. The van der Waals surface area contributed by atoms with E-state index in [4.69, 9.17) is 0 Å². The molecule has 0 bridgehead atoms. The van der Waals surface area contributed by atoms with Gasteiger partial charge in [-0.05, 0) is 72.0 Å². The van der Waals surface area contributed by atoms with Gasteiger partial charge in [-0.3, -0.25) is 9.59 Å². The molecule has 0 aliphatic rings. The number of hydrogen-bond donors (Lipinski definition) is 3. The number of nitrogens with one attached hydrogen (secondary N) is 3. The Morgan fingerprint density at radius 2 is 1.65 bits per heavy atom. The average Bonchev–Trinajstić information content (AvgIpc) is 2.54. The molecule has 0 aliphatic carbocycles. The predicted molar refractivity (Wildman–Crippen MR) is 108 cm³/mol. The van der Waals surface area contributed by atoms with Crippen LogP contribution in [0.4, 0.5) is 11.4 Å². The van der Waals surface area contributed by atoms with Crippen LogP contribution in [0.3, 0.4) is 0 Å². The summed E-state index contributed by atoms with van der Waals surface area (Å²) in [6, 6.07) is 11.9. The SMILES string of the molecule is CC(=O)Nc1ccc(S(=O)(=O)N[C@@H](C)C(=O)Nc2cccc(I)c2)cc1. The fourth-order valence-corrected chi connectivity index (χ4v) is 3.84. The number of sulfonamides is 1. The molecule has 9 heteroatoms. The second kappa shape index (κ2) is 8.60. The predicted octanol–water partition coefficient (Wildman–Crippen LogP) is 2.56. The monoisotopic (exact) mass is 487 g/mol. The van der Waals surface area contributed by atoms with Gasteiger partial charge in [0.05, 0.1) is 10.9 Å². The van der Waals surface area contributed by atoms with Gasteiger partial charge in [0.15, 0.2) is 0 Å². The maximum atomic E-state index is 12.4. The lowest BCUT2D eigenvalue weighted by atomic mass is 10.3. The summed E-state index contributed by atoms with van der Waals surface area (Å²) in [5, 5.41) is 5.22. The molecule has 7 nitrogen and oxygen atoms in total. The fourth-order valence-electron chi connectivity index (χ4n) is 2.09. The smallest absolute Gasteiger partial charge is 0.242 e. The topological polar surface area (TPSA) is 104 Å². The number of benzene rings is 2. The van der Waals surface area contributed by atoms with Crippen LogP contribution in [0.1, 0.15) is 13.8 Å². The molecule has 0 radical (unpaired) electrons. The largest absolute Gasteiger partial charge is 0.326 e. The van der Waals surface area contributed by atoms with Gasteiger partial charge in [-0.15, -0.1) is 0 Å². The highest BCUT2D eigenvalue weighted by atomic mass is 127. The summed E-state index contributed by atoms with van der Waals surface area (Å²) in [4.78, 5) is 23.2. The van der Waals surface area contributed by atoms with Crippen molar-refractivity contribution < 1.29 is 18.0 Å². The molecule has 0 aliphatic heterocycles. The van der Waals surface area contributed by atoms with Crippen molar-refractivity contribution in [3.8, 4) is 0 Å². The van der Waals surface area contributed by atoms with E-state index in [1.54, 1.807) is 18.2 Å². The van der Waals surface area contributed by atoms with E-state index in [0.717, 1.165) is 3.57 Å². The quantitative estimate of drug-likeness (QED) is 0.545. The minimum Gasteiger partial charge on any atom is -0.326 e. The Bertz CT molecular complexity index is 914. The molecule has 2 amide bonds. The van der Waals surface area contributed by atoms with Gasteiger partial charge in [-0.1, -0.05) is 6.07 Å². The summed E-state index contributed by atoms with van der Waals surface area (Å²) in [5.41, 5.74) is 1.08. The summed E-state index contributed by atoms with van der Waals surface area (Å²) >= 11 is 2.12. The van der Waals surface area contributed by atoms with E-state index in [9.17, 15) is 18.0 Å². The van der Waals surface area contributed by atoms with E-state index in [1.165, 1.54) is 38.1 Å². The van der Waals surface area contributed by atoms with Gasteiger partial charge in [0.1, 0.15) is 0 Å². The maximum Gasteiger partial charge on any atom is 0.242 e. The van der Waals surface area contributed by atoms with E-state index in [-0.39, 0.29) is 10.8 Å². The average molecular weight is 487 g/mol. The lowest BCUT2D eigenvalue weighted by Crippen LogP contribution is -2.41. The first kappa shape index (κ1) is 20.3. The minimum atomic E-state index is -3.88. The first-order chi connectivity index (χ1) is 12.2. The third-order valence-electron chi connectivity index (χ3n) is 3.30. The van der Waals surface area contributed by atoms with Gasteiger partial charge in [0.25, 0.3) is 0 Å². The highest BCUT2D eigenvalue weighted by Crippen LogP contribution is 2.15. The van der Waals surface area contributed by atoms with Crippen molar-refractivity contribution in [3.05, 3.63) is 52.1 Å². The molecule has 0 spiro atoms. The molecule has 0 fully saturated rings. The molecule has 3 N–H and O–H groups in total. The Morgan fingerprint density at radius 1 is 1.00 bits per heavy atom. The molecule has 0 saturated carbocycles. The summed E-state index contributed by atoms with van der Waals surface area (Å²) in [7, 11) is -3.88. The minimum absolute atomic E-state index is 0.000474. The lowest BCUT2D eigenvalue weighted by molar-refractivity contribution is -0.117. The van der Waals surface area contributed by atoms with Crippen LogP contribution in [0.2, 0.25) is 0 Å². The Kier molecular flexibility index (Phi) is 6.73. The van der Waals surface area contributed by atoms with Crippen LogP contribution in [-0.2, 0) is 19.6 Å². The Labute approximate surface area is 165 Å². The maximum absolute atomic E-state index is 12.4. The van der Waals surface area contributed by atoms with Crippen molar-refractivity contribution in [1.29, 1.82) is 0 Å². The molecule has 0 saturated heterocycles. The number of carbonyl (C=O) groups is 2. The van der Waals surface area contributed by atoms with Crippen molar-refractivity contribution in [2.24, 2.45) is 0 Å². The lowest BCUT2D eigenvalue weighted by Gasteiger charge is -2.15. The zero-order valence-corrected chi connectivity index (χ0v) is 17.1. The summed E-state index contributed by atoms with van der Waals surface area (Å²) in [6.07, 6.45) is 0. The number of hydrogen-bond acceptors (Lipinski definition) is 4. The molecular weight excluding hydrogens is 469 g/mol. The molecule has 0 unspecified atom stereocenters. The molecule has 2 aromatic carbocycles. The van der Waals surface area contributed by atoms with Crippen LogP contribution in [0.25, 0.3) is 0 Å². The first-order valence-electron chi connectivity index (χ1n) is 7.64. The molecular formula is C17H18IN3O4S. The zero-order chi connectivity index (χ0) is 19.3. The van der Waals surface area contributed by atoms with Gasteiger partial charge in [0.2, 0.25) is 21.8 Å². The Hall–Kier alpha value is -1.98. The van der Waals surface area contributed by atoms with Crippen LogP contribution < -0.4 is 15.4 Å². The van der Waals surface area contributed by atoms with Crippen LogP contribution in [0.15, 0.2) is 53.4 Å². The van der Waals surface area contributed by atoms with Crippen molar-refractivity contribution >= 4 is 55.8 Å². The highest BCUT2D eigenvalue weighted by molar-refractivity contribution is 14.1.